The van der Waals surface area contributed by atoms with Gasteiger partial charge in [-0.2, -0.15) is 0 Å². The number of esters is 1. The molecule has 0 bridgehead atoms. The third kappa shape index (κ3) is 4.07. The van der Waals surface area contributed by atoms with Crippen molar-refractivity contribution < 1.29 is 9.53 Å². The molecule has 20 heavy (non-hydrogen) atoms. The highest BCUT2D eigenvalue weighted by molar-refractivity contribution is 5.72. The van der Waals surface area contributed by atoms with Gasteiger partial charge in [0.15, 0.2) is 0 Å². The van der Waals surface area contributed by atoms with Gasteiger partial charge < -0.3 is 4.74 Å². The fourth-order valence-corrected chi connectivity index (χ4v) is 2.91. The molecule has 0 saturated carbocycles. The van der Waals surface area contributed by atoms with Crippen molar-refractivity contribution in [3.05, 3.63) is 35.4 Å². The van der Waals surface area contributed by atoms with Gasteiger partial charge in [-0.05, 0) is 43.0 Å². The van der Waals surface area contributed by atoms with Gasteiger partial charge in [-0.25, -0.2) is 0 Å². The number of carbonyl (C=O) groups excluding carboxylic acids is 1. The maximum absolute atomic E-state index is 11.5. The molecule has 1 saturated heterocycles. The number of benzene rings is 1. The SMILES string of the molecule is CCC1CCN(Cc2ccccc2CC(=O)OC)CC1. The second-order valence-electron chi connectivity index (χ2n) is 5.65. The molecule has 0 radical (unpaired) electrons. The van der Waals surface area contributed by atoms with Crippen LogP contribution in [0.3, 0.4) is 0 Å². The summed E-state index contributed by atoms with van der Waals surface area (Å²) in [7, 11) is 1.44. The lowest BCUT2D eigenvalue weighted by molar-refractivity contribution is -0.139. The first-order valence-electron chi connectivity index (χ1n) is 7.59. The Labute approximate surface area is 121 Å². The Morgan fingerprint density at radius 3 is 2.50 bits per heavy atom. The molecule has 1 heterocycles. The lowest BCUT2D eigenvalue weighted by atomic mass is 9.94. The number of likely N-dealkylation sites (tertiary alicyclic amines) is 1. The largest absolute Gasteiger partial charge is 0.469 e. The smallest absolute Gasteiger partial charge is 0.309 e. The standard InChI is InChI=1S/C17H25NO2/c1-3-14-8-10-18(11-9-14)13-16-7-5-4-6-15(16)12-17(19)20-2/h4-7,14H,3,8-13H2,1-2H3. The number of methoxy groups -OCH3 is 1. The van der Waals surface area contributed by atoms with Gasteiger partial charge in [0, 0.05) is 6.54 Å². The van der Waals surface area contributed by atoms with E-state index in [2.05, 4.69) is 24.0 Å². The Bertz CT molecular complexity index is 436. The van der Waals surface area contributed by atoms with E-state index >= 15 is 0 Å². The number of hydrogen-bond acceptors (Lipinski definition) is 3. The zero-order chi connectivity index (χ0) is 14.4. The summed E-state index contributed by atoms with van der Waals surface area (Å²) in [5.41, 5.74) is 2.35. The third-order valence-electron chi connectivity index (χ3n) is 4.36. The summed E-state index contributed by atoms with van der Waals surface area (Å²) in [5, 5.41) is 0. The van der Waals surface area contributed by atoms with E-state index in [9.17, 15) is 4.79 Å². The van der Waals surface area contributed by atoms with Crippen LogP contribution in [-0.4, -0.2) is 31.1 Å². The van der Waals surface area contributed by atoms with E-state index in [-0.39, 0.29) is 5.97 Å². The van der Waals surface area contributed by atoms with E-state index in [0.29, 0.717) is 6.42 Å². The molecule has 3 nitrogen and oxygen atoms in total. The molecule has 0 aromatic heterocycles. The number of carbonyl (C=O) groups is 1. The monoisotopic (exact) mass is 275 g/mol. The molecule has 1 fully saturated rings. The minimum atomic E-state index is -0.165. The third-order valence-corrected chi connectivity index (χ3v) is 4.36. The number of nitrogens with zero attached hydrogens (tertiary/aromatic N) is 1. The minimum absolute atomic E-state index is 0.165. The van der Waals surface area contributed by atoms with Crippen LogP contribution in [0.2, 0.25) is 0 Å². The second kappa shape index (κ2) is 7.44. The van der Waals surface area contributed by atoms with Gasteiger partial charge in [-0.1, -0.05) is 37.6 Å². The Hall–Kier alpha value is -1.35. The van der Waals surface area contributed by atoms with Gasteiger partial charge >= 0.3 is 5.97 Å². The van der Waals surface area contributed by atoms with Crippen LogP contribution in [-0.2, 0) is 22.5 Å². The van der Waals surface area contributed by atoms with Crippen molar-refractivity contribution in [3.8, 4) is 0 Å². The van der Waals surface area contributed by atoms with Gasteiger partial charge in [-0.3, -0.25) is 9.69 Å². The average Bonchev–Trinajstić information content (AvgIpc) is 2.50. The quantitative estimate of drug-likeness (QED) is 0.774. The highest BCUT2D eigenvalue weighted by Gasteiger charge is 2.18. The summed E-state index contributed by atoms with van der Waals surface area (Å²) >= 11 is 0. The molecule has 3 heteroatoms. The lowest BCUT2D eigenvalue weighted by Gasteiger charge is -2.31. The van der Waals surface area contributed by atoms with Crippen molar-refractivity contribution in [2.24, 2.45) is 5.92 Å². The van der Waals surface area contributed by atoms with Crippen LogP contribution in [0.25, 0.3) is 0 Å². The van der Waals surface area contributed by atoms with Crippen LogP contribution in [0, 0.1) is 5.92 Å². The van der Waals surface area contributed by atoms with Crippen molar-refractivity contribution >= 4 is 5.97 Å². The van der Waals surface area contributed by atoms with Crippen LogP contribution in [0.1, 0.15) is 37.3 Å². The van der Waals surface area contributed by atoms with Crippen molar-refractivity contribution in [1.82, 2.24) is 4.90 Å². The molecule has 1 aromatic rings. The molecule has 2 rings (SSSR count). The summed E-state index contributed by atoms with van der Waals surface area (Å²) < 4.78 is 4.78. The summed E-state index contributed by atoms with van der Waals surface area (Å²) in [6.07, 6.45) is 4.27. The van der Waals surface area contributed by atoms with Crippen molar-refractivity contribution in [2.75, 3.05) is 20.2 Å². The molecule has 0 amide bonds. The van der Waals surface area contributed by atoms with Crippen LogP contribution in [0.5, 0.6) is 0 Å². The summed E-state index contributed by atoms with van der Waals surface area (Å²) in [6.45, 7) is 5.58. The summed E-state index contributed by atoms with van der Waals surface area (Å²) in [5.74, 6) is 0.735. The van der Waals surface area contributed by atoms with Gasteiger partial charge in [0.05, 0.1) is 13.5 Å². The summed E-state index contributed by atoms with van der Waals surface area (Å²) in [6, 6.07) is 8.20. The molecule has 0 spiro atoms. The van der Waals surface area contributed by atoms with E-state index in [1.807, 2.05) is 12.1 Å². The fourth-order valence-electron chi connectivity index (χ4n) is 2.91. The zero-order valence-electron chi connectivity index (χ0n) is 12.6. The Kier molecular flexibility index (Phi) is 5.60. The second-order valence-corrected chi connectivity index (χ2v) is 5.65. The molecule has 0 N–H and O–H groups in total. The van der Waals surface area contributed by atoms with Gasteiger partial charge in [0.1, 0.15) is 0 Å². The van der Waals surface area contributed by atoms with Crippen LogP contribution >= 0.6 is 0 Å². The number of ether oxygens (including phenoxy) is 1. The Morgan fingerprint density at radius 2 is 1.90 bits per heavy atom. The number of rotatable bonds is 5. The van der Waals surface area contributed by atoms with Gasteiger partial charge in [0.2, 0.25) is 0 Å². The topological polar surface area (TPSA) is 29.5 Å². The predicted octanol–water partition coefficient (Wildman–Crippen LogP) is 3.02. The average molecular weight is 275 g/mol. The van der Waals surface area contributed by atoms with E-state index in [4.69, 9.17) is 4.74 Å². The van der Waals surface area contributed by atoms with Crippen LogP contribution in [0.15, 0.2) is 24.3 Å². The van der Waals surface area contributed by atoms with E-state index in [1.165, 1.54) is 45.0 Å². The molecular weight excluding hydrogens is 250 g/mol. The van der Waals surface area contributed by atoms with E-state index < -0.39 is 0 Å². The first kappa shape index (κ1) is 15.0. The fraction of sp³-hybridized carbons (Fsp3) is 0.588. The molecule has 0 aliphatic carbocycles. The molecule has 1 aliphatic heterocycles. The first-order chi connectivity index (χ1) is 9.72. The van der Waals surface area contributed by atoms with Gasteiger partial charge in [0.25, 0.3) is 0 Å². The zero-order valence-corrected chi connectivity index (χ0v) is 12.6. The maximum Gasteiger partial charge on any atom is 0.309 e. The number of piperidine rings is 1. The molecule has 1 aliphatic rings. The molecule has 110 valence electrons. The first-order valence-corrected chi connectivity index (χ1v) is 7.59. The van der Waals surface area contributed by atoms with Crippen LogP contribution < -0.4 is 0 Å². The van der Waals surface area contributed by atoms with Crippen molar-refractivity contribution in [2.45, 2.75) is 39.2 Å². The maximum atomic E-state index is 11.5. The highest BCUT2D eigenvalue weighted by atomic mass is 16.5. The van der Waals surface area contributed by atoms with E-state index in [1.54, 1.807) is 0 Å². The predicted molar refractivity (Wildman–Crippen MR) is 80.5 cm³/mol. The normalized spacial score (nSPS) is 17.1. The lowest BCUT2D eigenvalue weighted by Crippen LogP contribution is -2.33. The van der Waals surface area contributed by atoms with Crippen molar-refractivity contribution in [3.63, 3.8) is 0 Å². The van der Waals surface area contributed by atoms with Crippen molar-refractivity contribution in [1.29, 1.82) is 0 Å². The van der Waals surface area contributed by atoms with Crippen LogP contribution in [0.4, 0.5) is 0 Å². The highest BCUT2D eigenvalue weighted by Crippen LogP contribution is 2.22. The number of hydrogen-bond donors (Lipinski definition) is 0. The Balaban J connectivity index is 1.97. The minimum Gasteiger partial charge on any atom is -0.469 e. The van der Waals surface area contributed by atoms with E-state index in [0.717, 1.165) is 18.0 Å². The molecule has 0 atom stereocenters. The molecule has 1 aromatic carbocycles. The molecular formula is C17H25NO2. The Morgan fingerprint density at radius 1 is 1.25 bits per heavy atom. The summed E-state index contributed by atoms with van der Waals surface area (Å²) in [4.78, 5) is 14.0. The molecule has 0 unspecified atom stereocenters. The van der Waals surface area contributed by atoms with Gasteiger partial charge in [-0.15, -0.1) is 0 Å².